The largest absolute Gasteiger partial charge is 0.504 e. The van der Waals surface area contributed by atoms with Crippen molar-refractivity contribution in [2.24, 2.45) is 0 Å². The summed E-state index contributed by atoms with van der Waals surface area (Å²) in [7, 11) is 1.45. The number of phenolic OH excluding ortho intramolecular Hbond substituents is 1. The van der Waals surface area contributed by atoms with Crippen LogP contribution in [0.15, 0.2) is 60.8 Å². The Morgan fingerprint density at radius 1 is 1.21 bits per heavy atom. The normalized spacial score (nSPS) is 15.9. The minimum atomic E-state index is -0.200. The van der Waals surface area contributed by atoms with Crippen LogP contribution in [0.1, 0.15) is 16.8 Å². The molecule has 0 spiro atoms. The van der Waals surface area contributed by atoms with Crippen LogP contribution in [0.25, 0.3) is 11.3 Å². The maximum atomic E-state index is 12.6. The second-order valence-corrected chi connectivity index (χ2v) is 6.90. The van der Waals surface area contributed by atoms with E-state index >= 15 is 0 Å². The number of ether oxygens (including phenoxy) is 1. The summed E-state index contributed by atoms with van der Waals surface area (Å²) in [4.78, 5) is 23.7. The maximum Gasteiger partial charge on any atom is 0.251 e. The number of carbonyl (C=O) groups is 1. The molecule has 148 valence electrons. The molecule has 1 atom stereocenters. The predicted octanol–water partition coefficient (Wildman–Crippen LogP) is 2.87. The minimum absolute atomic E-state index is 0.00605. The van der Waals surface area contributed by atoms with E-state index in [1.54, 1.807) is 12.3 Å². The van der Waals surface area contributed by atoms with Crippen molar-refractivity contribution in [2.75, 3.05) is 25.1 Å². The lowest BCUT2D eigenvalue weighted by atomic mass is 10.1. The van der Waals surface area contributed by atoms with Gasteiger partial charge in [0.25, 0.3) is 5.91 Å². The summed E-state index contributed by atoms with van der Waals surface area (Å²) in [5, 5.41) is 12.7. The summed E-state index contributed by atoms with van der Waals surface area (Å²) in [6, 6.07) is 16.4. The molecule has 0 radical (unpaired) electrons. The van der Waals surface area contributed by atoms with Gasteiger partial charge in [0.05, 0.1) is 12.8 Å². The third kappa shape index (κ3) is 4.13. The van der Waals surface area contributed by atoms with Gasteiger partial charge in [0.15, 0.2) is 11.5 Å². The van der Waals surface area contributed by atoms with Gasteiger partial charge in [-0.2, -0.15) is 0 Å². The number of aromatic hydroxyl groups is 1. The number of rotatable bonds is 5. The molecule has 1 amide bonds. The van der Waals surface area contributed by atoms with Gasteiger partial charge in [-0.3, -0.25) is 4.79 Å². The number of aromatic nitrogens is 2. The van der Waals surface area contributed by atoms with E-state index in [4.69, 9.17) is 4.74 Å². The van der Waals surface area contributed by atoms with Gasteiger partial charge in [-0.15, -0.1) is 0 Å². The molecule has 7 nitrogen and oxygen atoms in total. The number of methoxy groups -OCH3 is 1. The first-order chi connectivity index (χ1) is 14.1. The van der Waals surface area contributed by atoms with Gasteiger partial charge in [-0.25, -0.2) is 9.97 Å². The number of anilines is 1. The van der Waals surface area contributed by atoms with Gasteiger partial charge >= 0.3 is 0 Å². The third-order valence-corrected chi connectivity index (χ3v) is 4.96. The first-order valence-corrected chi connectivity index (χ1v) is 9.45. The van der Waals surface area contributed by atoms with E-state index in [2.05, 4.69) is 20.2 Å². The zero-order chi connectivity index (χ0) is 20.2. The predicted molar refractivity (Wildman–Crippen MR) is 110 cm³/mol. The van der Waals surface area contributed by atoms with Crippen molar-refractivity contribution in [3.05, 3.63) is 66.4 Å². The lowest BCUT2D eigenvalue weighted by Crippen LogP contribution is -2.37. The Bertz CT molecular complexity index is 1010. The van der Waals surface area contributed by atoms with Crippen LogP contribution >= 0.6 is 0 Å². The van der Waals surface area contributed by atoms with Crippen LogP contribution in [-0.2, 0) is 0 Å². The molecule has 1 unspecified atom stereocenters. The average Bonchev–Trinajstić information content (AvgIpc) is 3.23. The monoisotopic (exact) mass is 390 g/mol. The molecule has 2 aromatic carbocycles. The zero-order valence-electron chi connectivity index (χ0n) is 16.1. The Hall–Kier alpha value is -3.61. The van der Waals surface area contributed by atoms with E-state index in [0.29, 0.717) is 18.1 Å². The van der Waals surface area contributed by atoms with Crippen molar-refractivity contribution < 1.29 is 14.6 Å². The summed E-state index contributed by atoms with van der Waals surface area (Å²) < 4.78 is 5.07. The van der Waals surface area contributed by atoms with E-state index in [1.807, 2.05) is 36.4 Å². The second-order valence-electron chi connectivity index (χ2n) is 6.90. The minimum Gasteiger partial charge on any atom is -0.504 e. The van der Waals surface area contributed by atoms with Crippen LogP contribution in [0.5, 0.6) is 11.5 Å². The molecule has 1 aromatic heterocycles. The van der Waals surface area contributed by atoms with E-state index in [1.165, 1.54) is 19.2 Å². The number of amides is 1. The fourth-order valence-electron chi connectivity index (χ4n) is 3.42. The quantitative estimate of drug-likeness (QED) is 0.697. The number of benzene rings is 2. The fourth-order valence-corrected chi connectivity index (χ4v) is 3.42. The summed E-state index contributed by atoms with van der Waals surface area (Å²) >= 11 is 0. The Kier molecular flexibility index (Phi) is 5.29. The molecule has 1 saturated heterocycles. The second kappa shape index (κ2) is 8.18. The third-order valence-electron chi connectivity index (χ3n) is 4.96. The number of phenols is 1. The van der Waals surface area contributed by atoms with E-state index in [9.17, 15) is 9.90 Å². The molecular weight excluding hydrogens is 368 g/mol. The zero-order valence-corrected chi connectivity index (χ0v) is 16.1. The van der Waals surface area contributed by atoms with Crippen molar-refractivity contribution in [2.45, 2.75) is 12.5 Å². The van der Waals surface area contributed by atoms with E-state index < -0.39 is 0 Å². The van der Waals surface area contributed by atoms with Crippen LogP contribution in [0.2, 0.25) is 0 Å². The van der Waals surface area contributed by atoms with Crippen molar-refractivity contribution >= 4 is 11.9 Å². The highest BCUT2D eigenvalue weighted by atomic mass is 16.5. The summed E-state index contributed by atoms with van der Waals surface area (Å²) in [5.74, 6) is 0.742. The number of nitrogens with zero attached hydrogens (tertiary/aromatic N) is 3. The first kappa shape index (κ1) is 18.7. The summed E-state index contributed by atoms with van der Waals surface area (Å²) in [6.07, 6.45) is 2.57. The van der Waals surface area contributed by atoms with E-state index in [0.717, 1.165) is 24.2 Å². The standard InChI is InChI=1S/C22H22N4O3/c1-29-20-13-16(7-8-19(20)27)21(28)24-17-10-12-26(14-17)22-23-11-9-18(25-22)15-5-3-2-4-6-15/h2-9,11,13,17,27H,10,12,14H2,1H3,(H,24,28). The van der Waals surface area contributed by atoms with Crippen molar-refractivity contribution in [1.82, 2.24) is 15.3 Å². The Labute approximate surface area is 169 Å². The molecule has 1 fully saturated rings. The molecule has 0 saturated carbocycles. The van der Waals surface area contributed by atoms with Gasteiger partial charge in [0.2, 0.25) is 5.95 Å². The molecule has 29 heavy (non-hydrogen) atoms. The van der Waals surface area contributed by atoms with Crippen molar-refractivity contribution in [3.8, 4) is 22.8 Å². The van der Waals surface area contributed by atoms with Gasteiger partial charge in [0, 0.05) is 36.5 Å². The Balaban J connectivity index is 1.42. The molecule has 2 heterocycles. The smallest absolute Gasteiger partial charge is 0.251 e. The van der Waals surface area contributed by atoms with Crippen molar-refractivity contribution in [3.63, 3.8) is 0 Å². The number of hydrogen-bond acceptors (Lipinski definition) is 6. The lowest BCUT2D eigenvalue weighted by molar-refractivity contribution is 0.0940. The van der Waals surface area contributed by atoms with Crippen LogP contribution < -0.4 is 15.0 Å². The lowest BCUT2D eigenvalue weighted by Gasteiger charge is -2.17. The molecule has 7 heteroatoms. The maximum absolute atomic E-state index is 12.6. The highest BCUT2D eigenvalue weighted by molar-refractivity contribution is 5.95. The first-order valence-electron chi connectivity index (χ1n) is 9.45. The summed E-state index contributed by atoms with van der Waals surface area (Å²) in [5.41, 5.74) is 2.36. The number of hydrogen-bond donors (Lipinski definition) is 2. The van der Waals surface area contributed by atoms with Crippen LogP contribution in [0.4, 0.5) is 5.95 Å². The van der Waals surface area contributed by atoms with Crippen molar-refractivity contribution in [1.29, 1.82) is 0 Å². The van der Waals surface area contributed by atoms with E-state index in [-0.39, 0.29) is 23.4 Å². The molecular formula is C22H22N4O3. The highest BCUT2D eigenvalue weighted by Gasteiger charge is 2.26. The molecule has 4 rings (SSSR count). The molecule has 1 aliphatic heterocycles. The molecule has 1 aliphatic rings. The number of nitrogens with one attached hydrogen (secondary N) is 1. The average molecular weight is 390 g/mol. The Morgan fingerprint density at radius 3 is 2.83 bits per heavy atom. The molecule has 2 N–H and O–H groups in total. The molecule has 0 bridgehead atoms. The highest BCUT2D eigenvalue weighted by Crippen LogP contribution is 2.26. The topological polar surface area (TPSA) is 87.6 Å². The van der Waals surface area contributed by atoms with Gasteiger partial charge in [-0.1, -0.05) is 30.3 Å². The number of carbonyl (C=O) groups excluding carboxylic acids is 1. The summed E-state index contributed by atoms with van der Waals surface area (Å²) in [6.45, 7) is 1.40. The molecule has 3 aromatic rings. The van der Waals surface area contributed by atoms with Gasteiger partial charge < -0.3 is 20.1 Å². The van der Waals surface area contributed by atoms with Crippen LogP contribution in [0, 0.1) is 0 Å². The van der Waals surface area contributed by atoms with Gasteiger partial charge in [-0.05, 0) is 30.7 Å². The SMILES string of the molecule is COc1cc(C(=O)NC2CCN(c3nccc(-c4ccccc4)n3)C2)ccc1O. The Morgan fingerprint density at radius 2 is 2.03 bits per heavy atom. The van der Waals surface area contributed by atoms with Crippen LogP contribution in [-0.4, -0.2) is 47.2 Å². The fraction of sp³-hybridized carbons (Fsp3) is 0.227. The van der Waals surface area contributed by atoms with Crippen LogP contribution in [0.3, 0.4) is 0 Å². The molecule has 0 aliphatic carbocycles. The van der Waals surface area contributed by atoms with Gasteiger partial charge in [0.1, 0.15) is 0 Å².